The predicted molar refractivity (Wildman–Crippen MR) is 74.0 cm³/mol. The van der Waals surface area contributed by atoms with Gasteiger partial charge in [-0.15, -0.1) is 0 Å². The Kier molecular flexibility index (Phi) is 5.64. The minimum Gasteiger partial charge on any atom is -0.370 e. The van der Waals surface area contributed by atoms with E-state index in [1.165, 1.54) is 12.1 Å². The van der Waals surface area contributed by atoms with Gasteiger partial charge in [0.1, 0.15) is 5.82 Å². The van der Waals surface area contributed by atoms with Gasteiger partial charge in [0.15, 0.2) is 0 Å². The maximum Gasteiger partial charge on any atom is 0.240 e. The Morgan fingerprint density at radius 3 is 2.30 bits per heavy atom. The van der Waals surface area contributed by atoms with Crippen LogP contribution in [-0.4, -0.2) is 29.3 Å². The fourth-order valence-corrected chi connectivity index (χ4v) is 2.06. The van der Waals surface area contributed by atoms with Crippen molar-refractivity contribution in [1.29, 1.82) is 0 Å². The van der Waals surface area contributed by atoms with Gasteiger partial charge >= 0.3 is 0 Å². The van der Waals surface area contributed by atoms with Crippen molar-refractivity contribution in [2.45, 2.75) is 32.4 Å². The molecule has 2 amide bonds. The van der Waals surface area contributed by atoms with Gasteiger partial charge in [-0.25, -0.2) is 4.39 Å². The summed E-state index contributed by atoms with van der Waals surface area (Å²) in [6, 6.07) is 4.72. The molecule has 0 aliphatic carbocycles. The molecule has 0 fully saturated rings. The number of hydrogen-bond acceptors (Lipinski definition) is 3. The summed E-state index contributed by atoms with van der Waals surface area (Å²) in [5.74, 6) is -1.29. The normalized spacial score (nSPS) is 13.6. The lowest BCUT2D eigenvalue weighted by molar-refractivity contribution is -0.136. The van der Waals surface area contributed by atoms with Gasteiger partial charge in [0.2, 0.25) is 11.8 Å². The maximum atomic E-state index is 12.9. The number of carbonyl (C=O) groups excluding carboxylic acids is 2. The summed E-state index contributed by atoms with van der Waals surface area (Å²) in [4.78, 5) is 24.6. The van der Waals surface area contributed by atoms with E-state index in [2.05, 4.69) is 0 Å². The molecule has 0 spiro atoms. The summed E-state index contributed by atoms with van der Waals surface area (Å²) in [5.41, 5.74) is 11.5. The monoisotopic (exact) mass is 281 g/mol. The third-order valence-corrected chi connectivity index (χ3v) is 3.18. The molecule has 0 radical (unpaired) electrons. The van der Waals surface area contributed by atoms with E-state index in [0.29, 0.717) is 6.54 Å². The number of halogens is 1. The van der Waals surface area contributed by atoms with E-state index in [-0.39, 0.29) is 24.2 Å². The minimum absolute atomic E-state index is 0.189. The predicted octanol–water partition coefficient (Wildman–Crippen LogP) is 0.938. The largest absolute Gasteiger partial charge is 0.370 e. The summed E-state index contributed by atoms with van der Waals surface area (Å²) < 4.78 is 12.9. The van der Waals surface area contributed by atoms with Gasteiger partial charge in [0.05, 0.1) is 18.5 Å². The smallest absolute Gasteiger partial charge is 0.240 e. The van der Waals surface area contributed by atoms with Gasteiger partial charge in [-0.2, -0.15) is 0 Å². The zero-order chi connectivity index (χ0) is 15.3. The first-order valence-electron chi connectivity index (χ1n) is 6.46. The molecule has 0 aliphatic rings. The molecular formula is C14H20FN3O2. The second kappa shape index (κ2) is 7.00. The fraction of sp³-hybridized carbons (Fsp3) is 0.429. The molecule has 6 heteroatoms. The first-order chi connectivity index (χ1) is 9.36. The first-order valence-corrected chi connectivity index (χ1v) is 6.46. The lowest BCUT2D eigenvalue weighted by Gasteiger charge is -2.30. The quantitative estimate of drug-likeness (QED) is 0.813. The minimum atomic E-state index is -0.949. The van der Waals surface area contributed by atoms with E-state index in [1.807, 2.05) is 13.8 Å². The Balaban J connectivity index is 2.86. The highest BCUT2D eigenvalue weighted by Gasteiger charge is 2.25. The summed E-state index contributed by atoms with van der Waals surface area (Å²) in [5, 5.41) is 0. The molecule has 0 aromatic heterocycles. The first kappa shape index (κ1) is 16.1. The Bertz CT molecular complexity index is 476. The maximum absolute atomic E-state index is 12.9. The number of nitrogens with two attached hydrogens (primary N) is 2. The number of amides is 2. The lowest BCUT2D eigenvalue weighted by Crippen LogP contribution is -2.46. The number of nitrogens with zero attached hydrogens (tertiary/aromatic N) is 1. The van der Waals surface area contributed by atoms with Gasteiger partial charge < -0.3 is 16.4 Å². The second-order valence-corrected chi connectivity index (χ2v) is 4.63. The molecule has 2 unspecified atom stereocenters. The summed E-state index contributed by atoms with van der Waals surface area (Å²) in [7, 11) is 0. The number of hydrogen-bond donors (Lipinski definition) is 2. The van der Waals surface area contributed by atoms with Crippen LogP contribution in [0.2, 0.25) is 0 Å². The van der Waals surface area contributed by atoms with E-state index in [9.17, 15) is 14.0 Å². The van der Waals surface area contributed by atoms with E-state index in [4.69, 9.17) is 11.5 Å². The fourth-order valence-electron chi connectivity index (χ4n) is 2.06. The Hall–Kier alpha value is -1.95. The average molecular weight is 281 g/mol. The van der Waals surface area contributed by atoms with Crippen molar-refractivity contribution >= 4 is 11.8 Å². The average Bonchev–Trinajstić information content (AvgIpc) is 2.39. The third-order valence-electron chi connectivity index (χ3n) is 3.18. The lowest BCUT2D eigenvalue weighted by atomic mass is 10.0. The van der Waals surface area contributed by atoms with Crippen molar-refractivity contribution in [3.63, 3.8) is 0 Å². The molecule has 20 heavy (non-hydrogen) atoms. The van der Waals surface area contributed by atoms with Crippen molar-refractivity contribution in [1.82, 2.24) is 4.90 Å². The molecule has 0 saturated carbocycles. The number of primary amides is 1. The number of likely N-dealkylation sites (N-methyl/N-ethyl adjacent to an activating group) is 1. The SMILES string of the molecule is CCN(C(=O)C(N)CC(N)=O)C(C)c1ccc(F)cc1. The molecular weight excluding hydrogens is 261 g/mol. The van der Waals surface area contributed by atoms with E-state index in [1.54, 1.807) is 17.0 Å². The molecule has 0 aliphatic heterocycles. The van der Waals surface area contributed by atoms with Crippen molar-refractivity contribution in [2.75, 3.05) is 6.54 Å². The molecule has 0 saturated heterocycles. The molecule has 1 aromatic rings. The van der Waals surface area contributed by atoms with E-state index >= 15 is 0 Å². The summed E-state index contributed by atoms with van der Waals surface area (Å²) >= 11 is 0. The molecule has 4 N–H and O–H groups in total. The molecule has 5 nitrogen and oxygen atoms in total. The van der Waals surface area contributed by atoms with Crippen LogP contribution in [0.5, 0.6) is 0 Å². The Morgan fingerprint density at radius 2 is 1.85 bits per heavy atom. The van der Waals surface area contributed by atoms with Gasteiger partial charge in [-0.1, -0.05) is 12.1 Å². The highest BCUT2D eigenvalue weighted by molar-refractivity contribution is 5.87. The highest BCUT2D eigenvalue weighted by Crippen LogP contribution is 2.21. The van der Waals surface area contributed by atoms with Crippen molar-refractivity contribution in [3.05, 3.63) is 35.6 Å². The molecule has 110 valence electrons. The summed E-state index contributed by atoms with van der Waals surface area (Å²) in [6.45, 7) is 4.07. The van der Waals surface area contributed by atoms with Crippen molar-refractivity contribution in [2.24, 2.45) is 11.5 Å². The molecule has 1 aromatic carbocycles. The van der Waals surface area contributed by atoms with Crippen LogP contribution in [0.4, 0.5) is 4.39 Å². The standard InChI is InChI=1S/C14H20FN3O2/c1-3-18(14(20)12(16)8-13(17)19)9(2)10-4-6-11(15)7-5-10/h4-7,9,12H,3,8,16H2,1-2H3,(H2,17,19). The Labute approximate surface area is 117 Å². The van der Waals surface area contributed by atoms with Crippen molar-refractivity contribution in [3.8, 4) is 0 Å². The van der Waals surface area contributed by atoms with Crippen LogP contribution in [0, 0.1) is 5.82 Å². The van der Waals surface area contributed by atoms with Gasteiger partial charge in [0.25, 0.3) is 0 Å². The van der Waals surface area contributed by atoms with Crippen molar-refractivity contribution < 1.29 is 14.0 Å². The van der Waals surface area contributed by atoms with Crippen LogP contribution in [0.3, 0.4) is 0 Å². The Morgan fingerprint density at radius 1 is 1.30 bits per heavy atom. The van der Waals surface area contributed by atoms with Gasteiger partial charge in [-0.3, -0.25) is 9.59 Å². The third kappa shape index (κ3) is 4.03. The van der Waals surface area contributed by atoms with Crippen LogP contribution in [0.25, 0.3) is 0 Å². The van der Waals surface area contributed by atoms with Crippen LogP contribution >= 0.6 is 0 Å². The number of carbonyl (C=O) groups is 2. The molecule has 2 atom stereocenters. The van der Waals surface area contributed by atoms with Gasteiger partial charge in [-0.05, 0) is 31.5 Å². The van der Waals surface area contributed by atoms with E-state index < -0.39 is 11.9 Å². The number of rotatable bonds is 6. The highest BCUT2D eigenvalue weighted by atomic mass is 19.1. The van der Waals surface area contributed by atoms with Gasteiger partial charge in [0, 0.05) is 6.54 Å². The molecule has 1 rings (SSSR count). The topological polar surface area (TPSA) is 89.4 Å². The van der Waals surface area contributed by atoms with Crippen LogP contribution in [0.1, 0.15) is 31.9 Å². The van der Waals surface area contributed by atoms with E-state index in [0.717, 1.165) is 5.56 Å². The summed E-state index contributed by atoms with van der Waals surface area (Å²) in [6.07, 6.45) is -0.189. The van der Waals surface area contributed by atoms with Crippen LogP contribution in [-0.2, 0) is 9.59 Å². The second-order valence-electron chi connectivity index (χ2n) is 4.63. The van der Waals surface area contributed by atoms with Crippen LogP contribution < -0.4 is 11.5 Å². The molecule has 0 bridgehead atoms. The number of benzene rings is 1. The van der Waals surface area contributed by atoms with Crippen LogP contribution in [0.15, 0.2) is 24.3 Å². The zero-order valence-corrected chi connectivity index (χ0v) is 11.7. The molecule has 0 heterocycles. The zero-order valence-electron chi connectivity index (χ0n) is 11.7.